The van der Waals surface area contributed by atoms with Gasteiger partial charge in [0.25, 0.3) is 0 Å². The van der Waals surface area contributed by atoms with Gasteiger partial charge in [-0.25, -0.2) is 0 Å². The highest BCUT2D eigenvalue weighted by Crippen LogP contribution is 2.28. The second-order valence-electron chi connectivity index (χ2n) is 3.83. The zero-order valence-corrected chi connectivity index (χ0v) is 10.2. The van der Waals surface area contributed by atoms with E-state index >= 15 is 0 Å². The lowest BCUT2D eigenvalue weighted by Gasteiger charge is -2.04. The summed E-state index contributed by atoms with van der Waals surface area (Å²) in [6, 6.07) is 0. The van der Waals surface area contributed by atoms with Crippen LogP contribution in [0, 0.1) is 0 Å². The lowest BCUT2D eigenvalue weighted by Crippen LogP contribution is -1.86. The van der Waals surface area contributed by atoms with Gasteiger partial charge < -0.3 is 0 Å². The van der Waals surface area contributed by atoms with Gasteiger partial charge >= 0.3 is 0 Å². The molecular formula is C11H22S2. The van der Waals surface area contributed by atoms with Crippen LogP contribution in [0.3, 0.4) is 0 Å². The summed E-state index contributed by atoms with van der Waals surface area (Å²) < 4.78 is 0. The lowest BCUT2D eigenvalue weighted by molar-refractivity contribution is 0.702. The van der Waals surface area contributed by atoms with E-state index in [2.05, 4.69) is 0 Å². The maximum absolute atomic E-state index is 2.01. The highest BCUT2D eigenvalue weighted by molar-refractivity contribution is 8.76. The molecule has 2 fully saturated rings. The summed E-state index contributed by atoms with van der Waals surface area (Å²) in [7, 11) is 4.02. The average molecular weight is 218 g/mol. The summed E-state index contributed by atoms with van der Waals surface area (Å²) in [5.74, 6) is 2.76. The number of hydrogen-bond acceptors (Lipinski definition) is 2. The molecule has 0 radical (unpaired) electrons. The fourth-order valence-electron chi connectivity index (χ4n) is 1.68. The monoisotopic (exact) mass is 218 g/mol. The molecule has 1 saturated heterocycles. The Morgan fingerprint density at radius 1 is 0.385 bits per heavy atom. The second-order valence-corrected chi connectivity index (χ2v) is 6.53. The molecule has 0 aromatic rings. The molecule has 2 heteroatoms. The van der Waals surface area contributed by atoms with Crippen molar-refractivity contribution in [2.45, 2.75) is 57.8 Å². The molecule has 1 saturated carbocycles. The summed E-state index contributed by atoms with van der Waals surface area (Å²) in [6.45, 7) is 0. The van der Waals surface area contributed by atoms with Gasteiger partial charge in [0.1, 0.15) is 0 Å². The van der Waals surface area contributed by atoms with Gasteiger partial charge in [-0.2, -0.15) is 0 Å². The van der Waals surface area contributed by atoms with Crippen molar-refractivity contribution in [3.8, 4) is 0 Å². The van der Waals surface area contributed by atoms with Crippen LogP contribution in [-0.4, -0.2) is 11.5 Å². The maximum Gasteiger partial charge on any atom is 0.00372 e. The predicted octanol–water partition coefficient (Wildman–Crippen LogP) is 4.89. The van der Waals surface area contributed by atoms with Crippen molar-refractivity contribution < 1.29 is 0 Å². The Balaban J connectivity index is 0.000000132. The van der Waals surface area contributed by atoms with Crippen molar-refractivity contribution in [1.29, 1.82) is 0 Å². The van der Waals surface area contributed by atoms with E-state index in [9.17, 15) is 0 Å². The molecule has 2 rings (SSSR count). The quantitative estimate of drug-likeness (QED) is 0.419. The van der Waals surface area contributed by atoms with Gasteiger partial charge in [0, 0.05) is 11.5 Å². The van der Waals surface area contributed by atoms with Crippen molar-refractivity contribution >= 4 is 21.6 Å². The second kappa shape index (κ2) is 9.26. The van der Waals surface area contributed by atoms with E-state index in [1.165, 1.54) is 69.3 Å². The van der Waals surface area contributed by atoms with Gasteiger partial charge in [-0.15, -0.1) is 0 Å². The first-order valence-electron chi connectivity index (χ1n) is 5.74. The fraction of sp³-hybridized carbons (Fsp3) is 1.00. The molecule has 0 bridgehead atoms. The molecule has 13 heavy (non-hydrogen) atoms. The third kappa shape index (κ3) is 7.75. The molecule has 0 N–H and O–H groups in total. The Kier molecular flexibility index (Phi) is 8.39. The van der Waals surface area contributed by atoms with Crippen LogP contribution in [0.5, 0.6) is 0 Å². The SMILES string of the molecule is C1CCCCCC1.C1CCSSC1. The van der Waals surface area contributed by atoms with E-state index in [4.69, 9.17) is 0 Å². The molecular weight excluding hydrogens is 196 g/mol. The van der Waals surface area contributed by atoms with Crippen molar-refractivity contribution in [3.05, 3.63) is 0 Å². The molecule has 0 atom stereocenters. The Morgan fingerprint density at radius 2 is 0.692 bits per heavy atom. The highest BCUT2D eigenvalue weighted by atomic mass is 33.1. The fourth-order valence-corrected chi connectivity index (χ4v) is 3.97. The highest BCUT2D eigenvalue weighted by Gasteiger charge is 1.96. The summed E-state index contributed by atoms with van der Waals surface area (Å²) in [6.07, 6.45) is 13.4. The molecule has 0 aromatic carbocycles. The lowest BCUT2D eigenvalue weighted by atomic mass is 10.2. The van der Waals surface area contributed by atoms with Crippen LogP contribution in [0.2, 0.25) is 0 Å². The van der Waals surface area contributed by atoms with Crippen LogP contribution in [0.15, 0.2) is 0 Å². The first-order valence-corrected chi connectivity index (χ1v) is 8.23. The van der Waals surface area contributed by atoms with E-state index in [-0.39, 0.29) is 0 Å². The zero-order valence-electron chi connectivity index (χ0n) is 8.59. The normalized spacial score (nSPS) is 24.0. The molecule has 0 spiro atoms. The van der Waals surface area contributed by atoms with Crippen LogP contribution in [0.4, 0.5) is 0 Å². The molecule has 1 aliphatic carbocycles. The van der Waals surface area contributed by atoms with Gasteiger partial charge in [0.05, 0.1) is 0 Å². The van der Waals surface area contributed by atoms with Crippen molar-refractivity contribution in [2.24, 2.45) is 0 Å². The molecule has 2 aliphatic rings. The van der Waals surface area contributed by atoms with E-state index in [1.54, 1.807) is 0 Å². The smallest absolute Gasteiger partial charge is 0.00372 e. The third-order valence-electron chi connectivity index (χ3n) is 2.54. The van der Waals surface area contributed by atoms with Crippen molar-refractivity contribution in [3.63, 3.8) is 0 Å². The molecule has 0 aromatic heterocycles. The predicted molar refractivity (Wildman–Crippen MR) is 66.5 cm³/mol. The number of hydrogen-bond donors (Lipinski definition) is 0. The zero-order chi connectivity index (χ0) is 9.19. The average Bonchev–Trinajstić information content (AvgIpc) is 2.53. The van der Waals surface area contributed by atoms with Crippen LogP contribution in [0.1, 0.15) is 57.8 Å². The van der Waals surface area contributed by atoms with E-state index < -0.39 is 0 Å². The molecule has 0 amide bonds. The van der Waals surface area contributed by atoms with Gasteiger partial charge in [0.15, 0.2) is 0 Å². The van der Waals surface area contributed by atoms with Crippen molar-refractivity contribution in [1.82, 2.24) is 0 Å². The number of rotatable bonds is 0. The Hall–Kier alpha value is 0.700. The van der Waals surface area contributed by atoms with Gasteiger partial charge in [-0.3, -0.25) is 0 Å². The van der Waals surface area contributed by atoms with E-state index in [0.29, 0.717) is 0 Å². The van der Waals surface area contributed by atoms with Crippen LogP contribution < -0.4 is 0 Å². The van der Waals surface area contributed by atoms with Gasteiger partial charge in [0.2, 0.25) is 0 Å². The van der Waals surface area contributed by atoms with E-state index in [0.717, 1.165) is 0 Å². The first kappa shape index (κ1) is 11.8. The third-order valence-corrected chi connectivity index (χ3v) is 5.12. The maximum atomic E-state index is 2.01. The molecule has 1 heterocycles. The first-order chi connectivity index (χ1) is 6.50. The Bertz CT molecular complexity index is 69.1. The van der Waals surface area contributed by atoms with E-state index in [1.807, 2.05) is 21.6 Å². The summed E-state index contributed by atoms with van der Waals surface area (Å²) in [4.78, 5) is 0. The summed E-state index contributed by atoms with van der Waals surface area (Å²) in [5.41, 5.74) is 0. The minimum Gasteiger partial charge on any atom is -0.0942 e. The Labute approximate surface area is 91.0 Å². The molecule has 1 aliphatic heterocycles. The largest absolute Gasteiger partial charge is 0.0942 e. The topological polar surface area (TPSA) is 0 Å². The van der Waals surface area contributed by atoms with Crippen LogP contribution in [0.25, 0.3) is 0 Å². The Morgan fingerprint density at radius 3 is 0.846 bits per heavy atom. The minimum atomic E-state index is 1.38. The van der Waals surface area contributed by atoms with Crippen molar-refractivity contribution in [2.75, 3.05) is 11.5 Å². The molecule has 78 valence electrons. The summed E-state index contributed by atoms with van der Waals surface area (Å²) in [5, 5.41) is 0. The van der Waals surface area contributed by atoms with Crippen LogP contribution >= 0.6 is 21.6 Å². The summed E-state index contributed by atoms with van der Waals surface area (Å²) >= 11 is 0. The standard InChI is InChI=1S/C7H14.C4H8S2/c1-2-4-6-7-5-3-1;1-2-4-6-5-3-1/h1-7H2;1-4H2. The molecule has 0 unspecified atom stereocenters. The van der Waals surface area contributed by atoms with Crippen LogP contribution in [-0.2, 0) is 0 Å². The van der Waals surface area contributed by atoms with Gasteiger partial charge in [-0.05, 0) is 12.8 Å². The minimum absolute atomic E-state index is 1.38. The molecule has 0 nitrogen and oxygen atoms in total. The van der Waals surface area contributed by atoms with Gasteiger partial charge in [-0.1, -0.05) is 66.5 Å².